The maximum absolute atomic E-state index is 13.6. The first-order chi connectivity index (χ1) is 9.61. The van der Waals surface area contributed by atoms with Gasteiger partial charge in [0.1, 0.15) is 5.82 Å². The number of tetrazole rings is 1. The number of benzene rings is 1. The molecule has 0 amide bonds. The van der Waals surface area contributed by atoms with Gasteiger partial charge in [0.2, 0.25) is 0 Å². The molecule has 7 heteroatoms. The van der Waals surface area contributed by atoms with Crippen molar-refractivity contribution in [3.8, 4) is 0 Å². The minimum Gasteiger partial charge on any atom is -0.481 e. The van der Waals surface area contributed by atoms with Crippen LogP contribution in [0.1, 0.15) is 37.2 Å². The largest absolute Gasteiger partial charge is 0.481 e. The highest BCUT2D eigenvalue weighted by atomic mass is 19.1. The number of rotatable bonds is 6. The van der Waals surface area contributed by atoms with E-state index in [2.05, 4.69) is 15.5 Å². The van der Waals surface area contributed by atoms with Gasteiger partial charge in [-0.3, -0.25) is 4.79 Å². The molecule has 0 radical (unpaired) electrons. The van der Waals surface area contributed by atoms with Gasteiger partial charge in [-0.1, -0.05) is 25.1 Å². The molecule has 2 aromatic rings. The van der Waals surface area contributed by atoms with E-state index < -0.39 is 5.97 Å². The average molecular weight is 278 g/mol. The van der Waals surface area contributed by atoms with Gasteiger partial charge in [-0.05, 0) is 28.5 Å². The van der Waals surface area contributed by atoms with Crippen molar-refractivity contribution in [1.29, 1.82) is 0 Å². The van der Waals surface area contributed by atoms with Crippen molar-refractivity contribution < 1.29 is 14.3 Å². The van der Waals surface area contributed by atoms with Crippen molar-refractivity contribution >= 4 is 5.97 Å². The highest BCUT2D eigenvalue weighted by Gasteiger charge is 2.19. The molecule has 0 saturated heterocycles. The monoisotopic (exact) mass is 278 g/mol. The molecule has 2 rings (SSSR count). The fourth-order valence-electron chi connectivity index (χ4n) is 2.03. The standard InChI is InChI=1S/C13H15FN4O2/c1-2-10(8-13(19)20)18-12(15-16-17-18)7-9-5-3-4-6-11(9)14/h3-6,10H,2,7-8H2,1H3,(H,19,20). The number of carboxylic acids is 1. The molecule has 0 aliphatic rings. The first-order valence-electron chi connectivity index (χ1n) is 6.33. The topological polar surface area (TPSA) is 80.9 Å². The average Bonchev–Trinajstić information content (AvgIpc) is 2.86. The molecule has 1 unspecified atom stereocenters. The molecule has 0 spiro atoms. The summed E-state index contributed by atoms with van der Waals surface area (Å²) in [7, 11) is 0. The fourth-order valence-corrected chi connectivity index (χ4v) is 2.03. The lowest BCUT2D eigenvalue weighted by atomic mass is 10.1. The van der Waals surface area contributed by atoms with E-state index in [4.69, 9.17) is 5.11 Å². The third-order valence-electron chi connectivity index (χ3n) is 3.09. The molecule has 0 bridgehead atoms. The number of hydrogen-bond donors (Lipinski definition) is 1. The van der Waals surface area contributed by atoms with Gasteiger partial charge < -0.3 is 5.11 Å². The molecule has 0 aliphatic heterocycles. The third-order valence-corrected chi connectivity index (χ3v) is 3.09. The highest BCUT2D eigenvalue weighted by Crippen LogP contribution is 2.18. The van der Waals surface area contributed by atoms with Crippen LogP contribution in [0.15, 0.2) is 24.3 Å². The first-order valence-corrected chi connectivity index (χ1v) is 6.33. The van der Waals surface area contributed by atoms with E-state index in [1.807, 2.05) is 6.92 Å². The Morgan fingerprint density at radius 2 is 2.20 bits per heavy atom. The second kappa shape index (κ2) is 6.23. The van der Waals surface area contributed by atoms with Crippen molar-refractivity contribution in [2.75, 3.05) is 0 Å². The molecule has 0 saturated carbocycles. The van der Waals surface area contributed by atoms with Crippen LogP contribution in [-0.2, 0) is 11.2 Å². The van der Waals surface area contributed by atoms with Crippen LogP contribution in [0.25, 0.3) is 0 Å². The Labute approximate surface area is 115 Å². The number of halogens is 1. The molecule has 106 valence electrons. The predicted octanol–water partition coefficient (Wildman–Crippen LogP) is 1.83. The number of aromatic nitrogens is 4. The lowest BCUT2D eigenvalue weighted by molar-refractivity contribution is -0.138. The van der Waals surface area contributed by atoms with E-state index in [9.17, 15) is 9.18 Å². The zero-order valence-corrected chi connectivity index (χ0v) is 11.0. The SMILES string of the molecule is CCC(CC(=O)O)n1nnnc1Cc1ccccc1F. The molecule has 1 atom stereocenters. The van der Waals surface area contributed by atoms with Crippen molar-refractivity contribution in [3.63, 3.8) is 0 Å². The van der Waals surface area contributed by atoms with Crippen molar-refractivity contribution in [2.24, 2.45) is 0 Å². The summed E-state index contributed by atoms with van der Waals surface area (Å²) < 4.78 is 15.1. The summed E-state index contributed by atoms with van der Waals surface area (Å²) in [4.78, 5) is 10.8. The maximum atomic E-state index is 13.6. The van der Waals surface area contributed by atoms with Gasteiger partial charge in [0, 0.05) is 6.42 Å². The zero-order valence-electron chi connectivity index (χ0n) is 11.0. The minimum absolute atomic E-state index is 0.0637. The van der Waals surface area contributed by atoms with Gasteiger partial charge in [0.05, 0.1) is 12.5 Å². The van der Waals surface area contributed by atoms with Crippen molar-refractivity contribution in [1.82, 2.24) is 20.2 Å². The molecule has 1 N–H and O–H groups in total. The molecule has 1 heterocycles. The van der Waals surface area contributed by atoms with Crippen LogP contribution in [0.2, 0.25) is 0 Å². The predicted molar refractivity (Wildman–Crippen MR) is 68.6 cm³/mol. The quantitative estimate of drug-likeness (QED) is 0.871. The van der Waals surface area contributed by atoms with Gasteiger partial charge in [0.15, 0.2) is 5.82 Å². The van der Waals surface area contributed by atoms with Crippen molar-refractivity contribution in [2.45, 2.75) is 32.2 Å². The molecule has 6 nitrogen and oxygen atoms in total. The highest BCUT2D eigenvalue weighted by molar-refractivity contribution is 5.67. The third kappa shape index (κ3) is 3.17. The van der Waals surface area contributed by atoms with Gasteiger partial charge in [-0.2, -0.15) is 0 Å². The molecule has 0 fully saturated rings. The number of nitrogens with zero attached hydrogens (tertiary/aromatic N) is 4. The van der Waals surface area contributed by atoms with Crippen LogP contribution in [-0.4, -0.2) is 31.3 Å². The number of carboxylic acid groups (broad SMARTS) is 1. The van der Waals surface area contributed by atoms with E-state index in [1.165, 1.54) is 10.7 Å². The van der Waals surface area contributed by atoms with Crippen LogP contribution in [0.3, 0.4) is 0 Å². The summed E-state index contributed by atoms with van der Waals surface area (Å²) >= 11 is 0. The molecule has 1 aromatic heterocycles. The first kappa shape index (κ1) is 14.1. The number of hydrogen-bond acceptors (Lipinski definition) is 4. The Morgan fingerprint density at radius 1 is 1.45 bits per heavy atom. The summed E-state index contributed by atoms with van der Waals surface area (Å²) in [5.74, 6) is -0.777. The summed E-state index contributed by atoms with van der Waals surface area (Å²) in [6.07, 6.45) is 0.753. The molecule has 0 aliphatic carbocycles. The van der Waals surface area contributed by atoms with Crippen molar-refractivity contribution in [3.05, 3.63) is 41.5 Å². The van der Waals surface area contributed by atoms with E-state index in [1.54, 1.807) is 18.2 Å². The Morgan fingerprint density at radius 3 is 2.85 bits per heavy atom. The molecule has 20 heavy (non-hydrogen) atoms. The smallest absolute Gasteiger partial charge is 0.305 e. The summed E-state index contributed by atoms with van der Waals surface area (Å²) in [6.45, 7) is 1.86. The Kier molecular flexibility index (Phi) is 4.39. The van der Waals surface area contributed by atoms with Crippen LogP contribution in [0, 0.1) is 5.82 Å². The van der Waals surface area contributed by atoms with E-state index in [0.29, 0.717) is 17.8 Å². The van der Waals surface area contributed by atoms with E-state index in [0.717, 1.165) is 0 Å². The molecular weight excluding hydrogens is 263 g/mol. The maximum Gasteiger partial charge on any atom is 0.305 e. The van der Waals surface area contributed by atoms with Crippen LogP contribution < -0.4 is 0 Å². The fraction of sp³-hybridized carbons (Fsp3) is 0.385. The van der Waals surface area contributed by atoms with Crippen LogP contribution >= 0.6 is 0 Å². The summed E-state index contributed by atoms with van der Waals surface area (Å²) in [5, 5.41) is 20.2. The Balaban J connectivity index is 2.24. The number of aliphatic carboxylic acids is 1. The lowest BCUT2D eigenvalue weighted by Crippen LogP contribution is -2.17. The van der Waals surface area contributed by atoms with E-state index in [-0.39, 0.29) is 24.7 Å². The normalized spacial score (nSPS) is 12.3. The second-order valence-electron chi connectivity index (χ2n) is 4.47. The van der Waals surface area contributed by atoms with Gasteiger partial charge in [0.25, 0.3) is 0 Å². The molecule has 1 aromatic carbocycles. The van der Waals surface area contributed by atoms with Crippen LogP contribution in [0.4, 0.5) is 4.39 Å². The zero-order chi connectivity index (χ0) is 14.5. The summed E-state index contributed by atoms with van der Waals surface area (Å²) in [6, 6.07) is 6.05. The minimum atomic E-state index is -0.913. The van der Waals surface area contributed by atoms with Gasteiger partial charge in [-0.15, -0.1) is 5.10 Å². The lowest BCUT2D eigenvalue weighted by Gasteiger charge is -2.14. The van der Waals surface area contributed by atoms with Crippen LogP contribution in [0.5, 0.6) is 0 Å². The van der Waals surface area contributed by atoms with E-state index >= 15 is 0 Å². The Hall–Kier alpha value is -2.31. The molecular formula is C13H15FN4O2. The summed E-state index contributed by atoms with van der Waals surface area (Å²) in [5.41, 5.74) is 0.480. The Bertz CT molecular complexity index is 600. The number of carbonyl (C=O) groups is 1. The van der Waals surface area contributed by atoms with Gasteiger partial charge >= 0.3 is 5.97 Å². The second-order valence-corrected chi connectivity index (χ2v) is 4.47. The van der Waals surface area contributed by atoms with Gasteiger partial charge in [-0.25, -0.2) is 9.07 Å².